The lowest BCUT2D eigenvalue weighted by Gasteiger charge is -2.19. The van der Waals surface area contributed by atoms with Gasteiger partial charge in [-0.15, -0.1) is 0 Å². The van der Waals surface area contributed by atoms with Crippen molar-refractivity contribution in [2.45, 2.75) is 44.2 Å². The topological polar surface area (TPSA) is 78.5 Å². The Morgan fingerprint density at radius 3 is 2.64 bits per heavy atom. The lowest BCUT2D eigenvalue weighted by atomic mass is 9.98. The maximum Gasteiger partial charge on any atom is 0.325 e. The summed E-state index contributed by atoms with van der Waals surface area (Å²) >= 11 is 11.9. The molecule has 1 aliphatic carbocycles. The van der Waals surface area contributed by atoms with E-state index in [-0.39, 0.29) is 31.3 Å². The highest BCUT2D eigenvalue weighted by Gasteiger charge is 2.52. The number of carbonyl (C=O) groups excluding carboxylic acids is 3. The molecule has 0 atom stereocenters. The van der Waals surface area contributed by atoms with Crippen molar-refractivity contribution >= 4 is 41.0 Å². The number of nitrogens with one attached hydrogen (secondary N) is 2. The molecule has 0 bridgehead atoms. The summed E-state index contributed by atoms with van der Waals surface area (Å²) in [5.41, 5.74) is 0.0176. The number of rotatable bonds is 5. The van der Waals surface area contributed by atoms with Crippen molar-refractivity contribution in [3.8, 4) is 0 Å². The summed E-state index contributed by atoms with van der Waals surface area (Å²) in [4.78, 5) is 37.7. The van der Waals surface area contributed by atoms with Crippen molar-refractivity contribution in [3.05, 3.63) is 33.8 Å². The van der Waals surface area contributed by atoms with Gasteiger partial charge in [-0.05, 0) is 30.5 Å². The second-order valence-electron chi connectivity index (χ2n) is 6.44. The van der Waals surface area contributed by atoms with Crippen LogP contribution in [-0.2, 0) is 16.1 Å². The van der Waals surface area contributed by atoms with Crippen molar-refractivity contribution < 1.29 is 14.4 Å². The predicted molar refractivity (Wildman–Crippen MR) is 94.4 cm³/mol. The van der Waals surface area contributed by atoms with Crippen LogP contribution in [0.3, 0.4) is 0 Å². The molecule has 1 aromatic carbocycles. The van der Waals surface area contributed by atoms with Gasteiger partial charge in [0.1, 0.15) is 5.54 Å². The summed E-state index contributed by atoms with van der Waals surface area (Å²) in [6, 6.07) is 4.65. The smallest absolute Gasteiger partial charge is 0.325 e. The maximum atomic E-state index is 12.5. The molecule has 0 radical (unpaired) electrons. The first-order valence-electron chi connectivity index (χ1n) is 8.26. The zero-order valence-electron chi connectivity index (χ0n) is 13.6. The first-order valence-corrected chi connectivity index (χ1v) is 9.02. The van der Waals surface area contributed by atoms with Crippen molar-refractivity contribution in [2.24, 2.45) is 0 Å². The predicted octanol–water partition coefficient (Wildman–Crippen LogP) is 2.86. The molecule has 1 saturated carbocycles. The molecule has 1 aliphatic heterocycles. The zero-order valence-corrected chi connectivity index (χ0v) is 15.1. The molecule has 6 nitrogen and oxygen atoms in total. The van der Waals surface area contributed by atoms with Crippen LogP contribution in [0.5, 0.6) is 0 Å². The van der Waals surface area contributed by atoms with Gasteiger partial charge in [-0.25, -0.2) is 4.79 Å². The molecule has 1 spiro atoms. The SMILES string of the molecule is O=C(CCN1C(=O)NC2(CCCC2)C1=O)NCc1ccc(Cl)cc1Cl. The average Bonchev–Trinajstić information content (AvgIpc) is 3.11. The van der Waals surface area contributed by atoms with E-state index in [4.69, 9.17) is 23.2 Å². The first kappa shape index (κ1) is 18.0. The Morgan fingerprint density at radius 2 is 1.96 bits per heavy atom. The van der Waals surface area contributed by atoms with E-state index >= 15 is 0 Å². The lowest BCUT2D eigenvalue weighted by Crippen LogP contribution is -2.44. The third kappa shape index (κ3) is 3.75. The van der Waals surface area contributed by atoms with E-state index < -0.39 is 11.6 Å². The summed E-state index contributed by atoms with van der Waals surface area (Å²) < 4.78 is 0. The normalized spacial score (nSPS) is 18.7. The number of halogens is 2. The average molecular weight is 384 g/mol. The van der Waals surface area contributed by atoms with E-state index in [1.165, 1.54) is 0 Å². The Hall–Kier alpha value is -1.79. The van der Waals surface area contributed by atoms with E-state index in [2.05, 4.69) is 10.6 Å². The number of hydrogen-bond donors (Lipinski definition) is 2. The van der Waals surface area contributed by atoms with Crippen LogP contribution in [0.15, 0.2) is 18.2 Å². The Labute approximate surface area is 155 Å². The molecular formula is C17H19Cl2N3O3. The highest BCUT2D eigenvalue weighted by molar-refractivity contribution is 6.35. The molecule has 2 fully saturated rings. The number of carbonyl (C=O) groups is 3. The lowest BCUT2D eigenvalue weighted by molar-refractivity contribution is -0.131. The van der Waals surface area contributed by atoms with E-state index in [9.17, 15) is 14.4 Å². The van der Waals surface area contributed by atoms with Gasteiger partial charge < -0.3 is 10.6 Å². The maximum absolute atomic E-state index is 12.5. The number of hydrogen-bond acceptors (Lipinski definition) is 3. The molecule has 1 heterocycles. The van der Waals surface area contributed by atoms with Crippen molar-refractivity contribution in [1.82, 2.24) is 15.5 Å². The number of urea groups is 1. The number of amides is 4. The van der Waals surface area contributed by atoms with Crippen LogP contribution < -0.4 is 10.6 Å². The second kappa shape index (κ2) is 7.22. The molecule has 4 amide bonds. The molecule has 2 N–H and O–H groups in total. The first-order chi connectivity index (χ1) is 11.9. The van der Waals surface area contributed by atoms with Crippen molar-refractivity contribution in [3.63, 3.8) is 0 Å². The van der Waals surface area contributed by atoms with Crippen molar-refractivity contribution in [2.75, 3.05) is 6.54 Å². The van der Waals surface area contributed by atoms with E-state index in [0.29, 0.717) is 22.9 Å². The van der Waals surface area contributed by atoms with Gasteiger partial charge in [0.2, 0.25) is 5.91 Å². The van der Waals surface area contributed by atoms with Gasteiger partial charge in [0.05, 0.1) is 0 Å². The van der Waals surface area contributed by atoms with Crippen LogP contribution in [0.2, 0.25) is 10.0 Å². The van der Waals surface area contributed by atoms with Gasteiger partial charge in [-0.2, -0.15) is 0 Å². The van der Waals surface area contributed by atoms with E-state index in [1.807, 2.05) is 0 Å². The van der Waals surface area contributed by atoms with Crippen LogP contribution in [0.1, 0.15) is 37.7 Å². The summed E-state index contributed by atoms with van der Waals surface area (Å²) in [5, 5.41) is 6.54. The third-order valence-electron chi connectivity index (χ3n) is 4.76. The van der Waals surface area contributed by atoms with Gasteiger partial charge >= 0.3 is 6.03 Å². The van der Waals surface area contributed by atoms with Gasteiger partial charge in [0, 0.05) is 29.6 Å². The fourth-order valence-electron chi connectivity index (χ4n) is 3.36. The third-order valence-corrected chi connectivity index (χ3v) is 5.34. The molecule has 0 aromatic heterocycles. The van der Waals surface area contributed by atoms with Gasteiger partial charge in [0.25, 0.3) is 5.91 Å². The molecule has 8 heteroatoms. The molecule has 1 saturated heterocycles. The van der Waals surface area contributed by atoms with E-state index in [1.54, 1.807) is 18.2 Å². The number of nitrogens with zero attached hydrogens (tertiary/aromatic N) is 1. The van der Waals surface area contributed by atoms with Crippen LogP contribution in [0, 0.1) is 0 Å². The minimum absolute atomic E-state index is 0.0560. The molecule has 0 unspecified atom stereocenters. The second-order valence-corrected chi connectivity index (χ2v) is 7.28. The minimum atomic E-state index is -0.732. The van der Waals surface area contributed by atoms with Gasteiger partial charge in [0.15, 0.2) is 0 Å². The van der Waals surface area contributed by atoms with Crippen molar-refractivity contribution in [1.29, 1.82) is 0 Å². The summed E-state index contributed by atoms with van der Waals surface area (Å²) in [7, 11) is 0. The Kier molecular flexibility index (Phi) is 5.20. The van der Waals surface area contributed by atoms with Crippen LogP contribution >= 0.6 is 23.2 Å². The fraction of sp³-hybridized carbons (Fsp3) is 0.471. The zero-order chi connectivity index (χ0) is 18.0. The summed E-state index contributed by atoms with van der Waals surface area (Å²) in [6.45, 7) is 0.339. The van der Waals surface area contributed by atoms with Crippen LogP contribution in [0.4, 0.5) is 4.79 Å². The molecule has 1 aromatic rings. The summed E-state index contributed by atoms with van der Waals surface area (Å²) in [5.74, 6) is -0.456. The summed E-state index contributed by atoms with van der Waals surface area (Å²) in [6.07, 6.45) is 3.27. The van der Waals surface area contributed by atoms with Gasteiger partial charge in [-0.1, -0.05) is 42.1 Å². The van der Waals surface area contributed by atoms with Crippen LogP contribution in [0.25, 0.3) is 0 Å². The Bertz CT molecular complexity index is 717. The molecule has 134 valence electrons. The minimum Gasteiger partial charge on any atom is -0.352 e. The van der Waals surface area contributed by atoms with Crippen LogP contribution in [-0.4, -0.2) is 34.8 Å². The highest BCUT2D eigenvalue weighted by atomic mass is 35.5. The van der Waals surface area contributed by atoms with E-state index in [0.717, 1.165) is 23.3 Å². The molecule has 25 heavy (non-hydrogen) atoms. The highest BCUT2D eigenvalue weighted by Crippen LogP contribution is 2.35. The Morgan fingerprint density at radius 1 is 1.24 bits per heavy atom. The van der Waals surface area contributed by atoms with Gasteiger partial charge in [-0.3, -0.25) is 14.5 Å². The molecular weight excluding hydrogens is 365 g/mol. The fourth-order valence-corrected chi connectivity index (χ4v) is 3.83. The number of benzene rings is 1. The monoisotopic (exact) mass is 383 g/mol. The molecule has 3 rings (SSSR count). The standard InChI is InChI=1S/C17H19Cl2N3O3/c18-12-4-3-11(13(19)9-12)10-20-14(23)5-8-22-15(24)17(21-16(22)25)6-1-2-7-17/h3-4,9H,1-2,5-8,10H2,(H,20,23)(H,21,25). The molecule has 2 aliphatic rings. The number of imide groups is 1. The Balaban J connectivity index is 1.50. The largest absolute Gasteiger partial charge is 0.352 e. The quantitative estimate of drug-likeness (QED) is 0.767.